The lowest BCUT2D eigenvalue weighted by Crippen LogP contribution is -2.18. The van der Waals surface area contributed by atoms with Crippen LogP contribution in [0.4, 0.5) is 0 Å². The van der Waals surface area contributed by atoms with Gasteiger partial charge in [-0.1, -0.05) is 24.3 Å². The first-order chi connectivity index (χ1) is 8.74. The number of carbonyl (C=O) groups excluding carboxylic acids is 1. The van der Waals surface area contributed by atoms with Crippen molar-refractivity contribution >= 4 is 17.7 Å². The van der Waals surface area contributed by atoms with Gasteiger partial charge in [0.15, 0.2) is 6.10 Å². The smallest absolute Gasteiger partial charge is 0.339 e. The molecular formula is C14H18O3S. The van der Waals surface area contributed by atoms with Crippen LogP contribution in [0.3, 0.4) is 0 Å². The Hall–Kier alpha value is -1.00. The summed E-state index contributed by atoms with van der Waals surface area (Å²) in [5.74, 6) is 2.15. The number of esters is 1. The van der Waals surface area contributed by atoms with E-state index in [9.17, 15) is 9.90 Å². The number of aliphatic hydroxyl groups excluding tert-OH is 1. The van der Waals surface area contributed by atoms with Gasteiger partial charge in [0.1, 0.15) is 0 Å². The van der Waals surface area contributed by atoms with E-state index in [1.165, 1.54) is 7.11 Å². The Kier molecular flexibility index (Phi) is 4.66. The highest BCUT2D eigenvalue weighted by Crippen LogP contribution is 2.35. The van der Waals surface area contributed by atoms with Crippen molar-refractivity contribution in [2.24, 2.45) is 0 Å². The molecule has 1 aliphatic heterocycles. The van der Waals surface area contributed by atoms with Crippen molar-refractivity contribution in [3.05, 3.63) is 35.4 Å². The molecule has 1 saturated heterocycles. The zero-order chi connectivity index (χ0) is 13.0. The van der Waals surface area contributed by atoms with Crippen molar-refractivity contribution in [2.75, 3.05) is 18.6 Å². The average molecular weight is 266 g/mol. The summed E-state index contributed by atoms with van der Waals surface area (Å²) in [6.45, 7) is 0. The molecule has 1 aromatic rings. The molecule has 1 fully saturated rings. The lowest BCUT2D eigenvalue weighted by molar-refractivity contribution is -0.150. The molecule has 1 atom stereocenters. The summed E-state index contributed by atoms with van der Waals surface area (Å²) in [5.41, 5.74) is 1.79. The maximum Gasteiger partial charge on any atom is 0.339 e. The van der Waals surface area contributed by atoms with Crippen molar-refractivity contribution in [3.63, 3.8) is 0 Å². The Morgan fingerprint density at radius 1 is 1.39 bits per heavy atom. The normalized spacial score (nSPS) is 18.3. The van der Waals surface area contributed by atoms with Crippen LogP contribution < -0.4 is 0 Å². The molecule has 18 heavy (non-hydrogen) atoms. The van der Waals surface area contributed by atoms with Gasteiger partial charge in [0.2, 0.25) is 0 Å². The fourth-order valence-corrected chi connectivity index (χ4v) is 3.49. The molecule has 0 radical (unpaired) electrons. The number of ether oxygens (including phenoxy) is 1. The van der Waals surface area contributed by atoms with Crippen molar-refractivity contribution in [1.82, 2.24) is 0 Å². The van der Waals surface area contributed by atoms with Crippen LogP contribution in [0.1, 0.15) is 36.0 Å². The molecule has 1 unspecified atom stereocenters. The number of benzene rings is 1. The molecule has 1 aromatic carbocycles. The SMILES string of the molecule is COC(=O)C(O)c1ccccc1C1CCSCC1. The highest BCUT2D eigenvalue weighted by atomic mass is 32.2. The Labute approximate surface area is 112 Å². The van der Waals surface area contributed by atoms with Crippen molar-refractivity contribution in [1.29, 1.82) is 0 Å². The fraction of sp³-hybridized carbons (Fsp3) is 0.500. The molecule has 0 amide bonds. The van der Waals surface area contributed by atoms with E-state index in [1.54, 1.807) is 0 Å². The third-order valence-electron chi connectivity index (χ3n) is 3.38. The second-order valence-electron chi connectivity index (χ2n) is 4.44. The molecule has 1 aliphatic rings. The van der Waals surface area contributed by atoms with Crippen LogP contribution in [0.25, 0.3) is 0 Å². The molecule has 4 heteroatoms. The monoisotopic (exact) mass is 266 g/mol. The van der Waals surface area contributed by atoms with Gasteiger partial charge in [0, 0.05) is 0 Å². The Morgan fingerprint density at radius 3 is 2.72 bits per heavy atom. The molecule has 0 spiro atoms. The number of thioether (sulfide) groups is 1. The maximum absolute atomic E-state index is 11.5. The van der Waals surface area contributed by atoms with Gasteiger partial charge in [-0.25, -0.2) is 4.79 Å². The van der Waals surface area contributed by atoms with E-state index in [0.717, 1.165) is 29.9 Å². The third-order valence-corrected chi connectivity index (χ3v) is 4.42. The predicted molar refractivity (Wildman–Crippen MR) is 72.7 cm³/mol. The van der Waals surface area contributed by atoms with Gasteiger partial charge in [-0.2, -0.15) is 11.8 Å². The molecule has 0 aromatic heterocycles. The Bertz CT molecular complexity index is 413. The number of carbonyl (C=O) groups is 1. The van der Waals surface area contributed by atoms with Gasteiger partial charge in [0.05, 0.1) is 7.11 Å². The van der Waals surface area contributed by atoms with Gasteiger partial charge >= 0.3 is 5.97 Å². The lowest BCUT2D eigenvalue weighted by Gasteiger charge is -2.25. The van der Waals surface area contributed by atoms with Crippen LogP contribution in [0.2, 0.25) is 0 Å². The van der Waals surface area contributed by atoms with Gasteiger partial charge in [0.25, 0.3) is 0 Å². The van der Waals surface area contributed by atoms with Crippen LogP contribution in [-0.4, -0.2) is 29.7 Å². The van der Waals surface area contributed by atoms with Crippen LogP contribution in [0.15, 0.2) is 24.3 Å². The fourth-order valence-electron chi connectivity index (χ4n) is 2.38. The first-order valence-corrected chi connectivity index (χ1v) is 7.32. The second-order valence-corrected chi connectivity index (χ2v) is 5.67. The molecule has 3 nitrogen and oxygen atoms in total. The lowest BCUT2D eigenvalue weighted by atomic mass is 9.88. The summed E-state index contributed by atoms with van der Waals surface area (Å²) in [4.78, 5) is 11.5. The van der Waals surface area contributed by atoms with E-state index in [4.69, 9.17) is 0 Å². The Balaban J connectivity index is 2.27. The standard InChI is InChI=1S/C14H18O3S/c1-17-14(16)13(15)12-5-3-2-4-11(12)10-6-8-18-9-7-10/h2-5,10,13,15H,6-9H2,1H3. The van der Waals surface area contributed by atoms with Crippen molar-refractivity contribution in [2.45, 2.75) is 24.9 Å². The summed E-state index contributed by atoms with van der Waals surface area (Å²) in [6, 6.07) is 7.65. The van der Waals surface area contributed by atoms with E-state index in [2.05, 4.69) is 4.74 Å². The highest BCUT2D eigenvalue weighted by Gasteiger charge is 2.25. The molecule has 1 N–H and O–H groups in total. The molecule has 1 heterocycles. The second kappa shape index (κ2) is 6.25. The number of hydrogen-bond acceptors (Lipinski definition) is 4. The number of methoxy groups -OCH3 is 1. The zero-order valence-corrected chi connectivity index (χ0v) is 11.3. The predicted octanol–water partition coefficient (Wildman–Crippen LogP) is 2.50. The van der Waals surface area contributed by atoms with Crippen LogP contribution >= 0.6 is 11.8 Å². The van der Waals surface area contributed by atoms with Gasteiger partial charge in [-0.15, -0.1) is 0 Å². The van der Waals surface area contributed by atoms with Gasteiger partial charge < -0.3 is 9.84 Å². The molecule has 98 valence electrons. The minimum atomic E-state index is -1.17. The van der Waals surface area contributed by atoms with Crippen molar-refractivity contribution in [3.8, 4) is 0 Å². The van der Waals surface area contributed by atoms with E-state index >= 15 is 0 Å². The number of rotatable bonds is 3. The summed E-state index contributed by atoms with van der Waals surface area (Å²) in [6.07, 6.45) is 1.05. The van der Waals surface area contributed by atoms with Crippen LogP contribution in [0, 0.1) is 0 Å². The summed E-state index contributed by atoms with van der Waals surface area (Å²) in [7, 11) is 1.30. The average Bonchev–Trinajstić information content (AvgIpc) is 2.46. The summed E-state index contributed by atoms with van der Waals surface area (Å²) >= 11 is 1.96. The molecule has 0 bridgehead atoms. The first-order valence-electron chi connectivity index (χ1n) is 6.16. The van der Waals surface area contributed by atoms with Gasteiger partial charge in [-0.3, -0.25) is 0 Å². The minimum Gasteiger partial charge on any atom is -0.467 e. The summed E-state index contributed by atoms with van der Waals surface area (Å²) < 4.78 is 4.62. The molecule has 0 saturated carbocycles. The van der Waals surface area contributed by atoms with E-state index in [1.807, 2.05) is 36.0 Å². The molecule has 2 rings (SSSR count). The van der Waals surface area contributed by atoms with Crippen molar-refractivity contribution < 1.29 is 14.6 Å². The largest absolute Gasteiger partial charge is 0.467 e. The Morgan fingerprint density at radius 2 is 2.06 bits per heavy atom. The quantitative estimate of drug-likeness (QED) is 0.854. The van der Waals surface area contributed by atoms with Gasteiger partial charge in [-0.05, 0) is 41.4 Å². The highest BCUT2D eigenvalue weighted by molar-refractivity contribution is 7.99. The number of hydrogen-bond donors (Lipinski definition) is 1. The van der Waals surface area contributed by atoms with Crippen LogP contribution in [0.5, 0.6) is 0 Å². The zero-order valence-electron chi connectivity index (χ0n) is 10.5. The minimum absolute atomic E-state index is 0.446. The third kappa shape index (κ3) is 2.87. The first kappa shape index (κ1) is 13.4. The molecule has 0 aliphatic carbocycles. The maximum atomic E-state index is 11.5. The topological polar surface area (TPSA) is 46.5 Å². The van der Waals surface area contributed by atoms with Crippen LogP contribution in [-0.2, 0) is 9.53 Å². The molecular weight excluding hydrogens is 248 g/mol. The summed E-state index contributed by atoms with van der Waals surface area (Å²) in [5, 5.41) is 10.0. The van der Waals surface area contributed by atoms with E-state index < -0.39 is 12.1 Å². The number of aliphatic hydroxyl groups is 1. The van der Waals surface area contributed by atoms with E-state index in [0.29, 0.717) is 11.5 Å². The van der Waals surface area contributed by atoms with E-state index in [-0.39, 0.29) is 0 Å².